The first-order valence-electron chi connectivity index (χ1n) is 8.94. The summed E-state index contributed by atoms with van der Waals surface area (Å²) in [5.74, 6) is -1.58. The lowest BCUT2D eigenvalue weighted by molar-refractivity contribution is -0.143. The molecule has 8 heteroatoms. The average molecular weight is 377 g/mol. The van der Waals surface area contributed by atoms with E-state index in [0.29, 0.717) is 46.6 Å². The molecule has 0 bridgehead atoms. The number of nitrogens with zero attached hydrogens (tertiary/aromatic N) is 3. The summed E-state index contributed by atoms with van der Waals surface area (Å²) in [5.41, 5.74) is 0.536. The second-order valence-corrected chi connectivity index (χ2v) is 7.76. The summed E-state index contributed by atoms with van der Waals surface area (Å²) in [7, 11) is 0. The summed E-state index contributed by atoms with van der Waals surface area (Å²) >= 11 is 1.22. The van der Waals surface area contributed by atoms with E-state index in [2.05, 4.69) is 11.9 Å². The molecule has 3 rings (SSSR count). The van der Waals surface area contributed by atoms with Crippen LogP contribution in [0.1, 0.15) is 47.8 Å². The number of aliphatic carboxylic acids is 1. The number of carbonyl (C=O) groups is 2. The predicted octanol–water partition coefficient (Wildman–Crippen LogP) is 2.50. The fourth-order valence-corrected chi connectivity index (χ4v) is 4.46. The van der Waals surface area contributed by atoms with Crippen LogP contribution in [0.25, 0.3) is 10.2 Å². The van der Waals surface area contributed by atoms with Gasteiger partial charge in [0.25, 0.3) is 11.5 Å². The molecule has 2 aromatic rings. The Morgan fingerprint density at radius 2 is 2.19 bits per heavy atom. The third kappa shape index (κ3) is 3.38. The Kier molecular flexibility index (Phi) is 5.41. The van der Waals surface area contributed by atoms with Gasteiger partial charge in [-0.2, -0.15) is 0 Å². The SMILES string of the molecule is CCCCn1cnc2sc(C(=O)N3CCCC(C(=O)O)C3)c(C)c2c1=O. The van der Waals surface area contributed by atoms with Crippen molar-refractivity contribution in [1.82, 2.24) is 14.5 Å². The van der Waals surface area contributed by atoms with Crippen molar-refractivity contribution in [1.29, 1.82) is 0 Å². The standard InChI is InChI=1S/C18H23N3O4S/c1-3-4-7-21-10-19-15-13(16(21)22)11(2)14(26-15)17(23)20-8-5-6-12(9-20)18(24)25/h10,12H,3-9H2,1-2H3,(H,24,25). The van der Waals surface area contributed by atoms with Crippen molar-refractivity contribution in [3.63, 3.8) is 0 Å². The van der Waals surface area contributed by atoms with E-state index in [9.17, 15) is 19.5 Å². The molecule has 7 nitrogen and oxygen atoms in total. The second-order valence-electron chi connectivity index (χ2n) is 6.76. The Bertz CT molecular complexity index is 902. The van der Waals surface area contributed by atoms with E-state index in [0.717, 1.165) is 12.8 Å². The number of unbranched alkanes of at least 4 members (excludes halogenated alkanes) is 1. The largest absolute Gasteiger partial charge is 0.481 e. The Morgan fingerprint density at radius 3 is 2.88 bits per heavy atom. The summed E-state index contributed by atoms with van der Waals surface area (Å²) in [6.07, 6.45) is 4.69. The molecule has 1 fully saturated rings. The topological polar surface area (TPSA) is 92.5 Å². The minimum atomic E-state index is -0.865. The summed E-state index contributed by atoms with van der Waals surface area (Å²) < 4.78 is 1.60. The van der Waals surface area contributed by atoms with Crippen molar-refractivity contribution in [2.75, 3.05) is 13.1 Å². The predicted molar refractivity (Wildman–Crippen MR) is 99.8 cm³/mol. The van der Waals surface area contributed by atoms with Crippen molar-refractivity contribution in [2.45, 2.75) is 46.1 Å². The summed E-state index contributed by atoms with van der Waals surface area (Å²) in [6, 6.07) is 0. The minimum absolute atomic E-state index is 0.113. The van der Waals surface area contributed by atoms with E-state index in [1.54, 1.807) is 22.7 Å². The highest BCUT2D eigenvalue weighted by Crippen LogP contribution is 2.29. The first-order valence-corrected chi connectivity index (χ1v) is 9.76. The number of amides is 1. The van der Waals surface area contributed by atoms with Gasteiger partial charge in [-0.15, -0.1) is 11.3 Å². The van der Waals surface area contributed by atoms with Crippen molar-refractivity contribution < 1.29 is 14.7 Å². The lowest BCUT2D eigenvalue weighted by Gasteiger charge is -2.30. The van der Waals surface area contributed by atoms with Crippen LogP contribution in [-0.2, 0) is 11.3 Å². The number of likely N-dealkylation sites (tertiary alicyclic amines) is 1. The zero-order chi connectivity index (χ0) is 18.8. The van der Waals surface area contributed by atoms with Crippen LogP contribution in [0.15, 0.2) is 11.1 Å². The molecule has 1 aliphatic heterocycles. The molecular formula is C18H23N3O4S. The van der Waals surface area contributed by atoms with Gasteiger partial charge >= 0.3 is 5.97 Å². The van der Waals surface area contributed by atoms with Crippen molar-refractivity contribution in [3.8, 4) is 0 Å². The normalized spacial score (nSPS) is 17.6. The number of hydrogen-bond acceptors (Lipinski definition) is 5. The highest BCUT2D eigenvalue weighted by molar-refractivity contribution is 7.20. The van der Waals surface area contributed by atoms with Gasteiger partial charge in [-0.25, -0.2) is 4.98 Å². The molecule has 1 atom stereocenters. The van der Waals surface area contributed by atoms with Crippen LogP contribution in [0.5, 0.6) is 0 Å². The molecule has 1 aliphatic rings. The number of fused-ring (bicyclic) bond motifs is 1. The Balaban J connectivity index is 1.94. The maximum absolute atomic E-state index is 12.9. The number of aryl methyl sites for hydroxylation is 2. The van der Waals surface area contributed by atoms with Crippen LogP contribution in [-0.4, -0.2) is 44.5 Å². The van der Waals surface area contributed by atoms with E-state index in [1.807, 2.05) is 0 Å². The van der Waals surface area contributed by atoms with Crippen LogP contribution < -0.4 is 5.56 Å². The van der Waals surface area contributed by atoms with E-state index >= 15 is 0 Å². The van der Waals surface area contributed by atoms with Crippen LogP contribution in [0, 0.1) is 12.8 Å². The maximum Gasteiger partial charge on any atom is 0.308 e. The van der Waals surface area contributed by atoms with E-state index in [4.69, 9.17) is 0 Å². The van der Waals surface area contributed by atoms with Crippen LogP contribution in [0.2, 0.25) is 0 Å². The molecule has 26 heavy (non-hydrogen) atoms. The Hall–Kier alpha value is -2.22. The minimum Gasteiger partial charge on any atom is -0.481 e. The van der Waals surface area contributed by atoms with Gasteiger partial charge in [-0.3, -0.25) is 19.0 Å². The van der Waals surface area contributed by atoms with Crippen LogP contribution in [0.3, 0.4) is 0 Å². The van der Waals surface area contributed by atoms with Crippen molar-refractivity contribution in [2.24, 2.45) is 5.92 Å². The fraction of sp³-hybridized carbons (Fsp3) is 0.556. The smallest absolute Gasteiger partial charge is 0.308 e. The number of piperidine rings is 1. The summed E-state index contributed by atoms with van der Waals surface area (Å²) in [4.78, 5) is 43.9. The molecule has 140 valence electrons. The highest BCUT2D eigenvalue weighted by atomic mass is 32.1. The quantitative estimate of drug-likeness (QED) is 0.864. The Morgan fingerprint density at radius 1 is 1.42 bits per heavy atom. The molecule has 1 saturated heterocycles. The van der Waals surface area contributed by atoms with E-state index in [1.165, 1.54) is 11.3 Å². The van der Waals surface area contributed by atoms with Gasteiger partial charge in [0.05, 0.1) is 22.5 Å². The molecule has 1 unspecified atom stereocenters. The summed E-state index contributed by atoms with van der Waals surface area (Å²) in [6.45, 7) is 5.22. The number of carbonyl (C=O) groups excluding carboxylic acids is 1. The van der Waals surface area contributed by atoms with Gasteiger partial charge in [0.15, 0.2) is 0 Å². The number of aromatic nitrogens is 2. The van der Waals surface area contributed by atoms with Gasteiger partial charge in [0.2, 0.25) is 0 Å². The lowest BCUT2D eigenvalue weighted by Crippen LogP contribution is -2.42. The lowest BCUT2D eigenvalue weighted by atomic mass is 9.98. The number of rotatable bonds is 5. The number of carboxylic acid groups (broad SMARTS) is 1. The number of hydrogen-bond donors (Lipinski definition) is 1. The molecule has 1 N–H and O–H groups in total. The third-order valence-electron chi connectivity index (χ3n) is 4.92. The monoisotopic (exact) mass is 377 g/mol. The van der Waals surface area contributed by atoms with Gasteiger partial charge in [-0.1, -0.05) is 13.3 Å². The highest BCUT2D eigenvalue weighted by Gasteiger charge is 2.30. The van der Waals surface area contributed by atoms with Crippen molar-refractivity contribution in [3.05, 3.63) is 27.1 Å². The second kappa shape index (κ2) is 7.57. The van der Waals surface area contributed by atoms with Crippen LogP contribution >= 0.6 is 11.3 Å². The molecule has 1 amide bonds. The average Bonchev–Trinajstić information content (AvgIpc) is 2.98. The van der Waals surface area contributed by atoms with E-state index < -0.39 is 11.9 Å². The number of carboxylic acids is 1. The fourth-order valence-electron chi connectivity index (χ4n) is 3.36. The molecular weight excluding hydrogens is 354 g/mol. The zero-order valence-electron chi connectivity index (χ0n) is 15.0. The first kappa shape index (κ1) is 18.6. The molecule has 0 radical (unpaired) electrons. The Labute approximate surface area is 155 Å². The molecule has 0 aliphatic carbocycles. The van der Waals surface area contributed by atoms with E-state index in [-0.39, 0.29) is 18.0 Å². The van der Waals surface area contributed by atoms with Gasteiger partial charge < -0.3 is 10.0 Å². The summed E-state index contributed by atoms with van der Waals surface area (Å²) in [5, 5.41) is 9.73. The molecule has 2 aromatic heterocycles. The number of thiophene rings is 1. The van der Waals surface area contributed by atoms with Gasteiger partial charge in [-0.05, 0) is 31.7 Å². The van der Waals surface area contributed by atoms with Crippen LogP contribution in [0.4, 0.5) is 0 Å². The maximum atomic E-state index is 12.9. The van der Waals surface area contributed by atoms with Gasteiger partial charge in [0, 0.05) is 19.6 Å². The van der Waals surface area contributed by atoms with Crippen molar-refractivity contribution >= 4 is 33.4 Å². The first-order chi connectivity index (χ1) is 12.4. The molecule has 0 spiro atoms. The molecule has 0 aromatic carbocycles. The third-order valence-corrected chi connectivity index (χ3v) is 6.11. The molecule has 0 saturated carbocycles. The zero-order valence-corrected chi connectivity index (χ0v) is 15.8. The molecule has 3 heterocycles. The van der Waals surface area contributed by atoms with Gasteiger partial charge in [0.1, 0.15) is 4.83 Å².